The Balaban J connectivity index is 2.16. The largest absolute Gasteiger partial charge is 0.480 e. The molecule has 4 atom stereocenters. The van der Waals surface area contributed by atoms with Crippen LogP contribution in [0.15, 0.2) is 30.3 Å². The molecule has 1 saturated heterocycles. The Hall–Kier alpha value is -4.49. The lowest BCUT2D eigenvalue weighted by Crippen LogP contribution is -2.59. The monoisotopic (exact) mass is 617 g/mol. The Morgan fingerprint density at radius 1 is 0.977 bits per heavy atom. The van der Waals surface area contributed by atoms with E-state index < -0.39 is 78.0 Å². The molecule has 1 aliphatic rings. The standard InChI is InChI=1S/C30H43N5O9/c1-17(2)15-21(29(41)42)32-27(39)22-11-8-14-35(22)28(40)24(18(3)4)34-26(38)20(12-13-23(36)25(31)37)33-30(43)44-16-19-9-6-5-7-10-19/h5-7,9-10,17-18,20-22,24H,8,11-16H2,1-4H3,(H2,31,37)(H,32,39)(H,33,43)(H,34,38)(H,41,42)/t20?,21?,22-,24?/m0/s1. The van der Waals surface area contributed by atoms with Gasteiger partial charge in [-0.25, -0.2) is 9.59 Å². The number of ether oxygens (including phenoxy) is 1. The molecule has 14 nitrogen and oxygen atoms in total. The van der Waals surface area contributed by atoms with Crippen molar-refractivity contribution in [1.29, 1.82) is 0 Å². The molecule has 0 aliphatic carbocycles. The summed E-state index contributed by atoms with van der Waals surface area (Å²) in [5.74, 6) is -5.72. The van der Waals surface area contributed by atoms with Gasteiger partial charge in [0, 0.05) is 13.0 Å². The van der Waals surface area contributed by atoms with E-state index in [2.05, 4.69) is 16.0 Å². The highest BCUT2D eigenvalue weighted by molar-refractivity contribution is 6.35. The molecule has 1 aromatic carbocycles. The zero-order chi connectivity index (χ0) is 33.0. The fraction of sp³-hybridized carbons (Fsp3) is 0.567. The van der Waals surface area contributed by atoms with Crippen molar-refractivity contribution in [2.24, 2.45) is 17.6 Å². The number of rotatable bonds is 16. The number of nitrogens with one attached hydrogen (secondary N) is 3. The van der Waals surface area contributed by atoms with E-state index in [9.17, 15) is 38.7 Å². The summed E-state index contributed by atoms with van der Waals surface area (Å²) in [6.45, 7) is 7.16. The van der Waals surface area contributed by atoms with E-state index in [4.69, 9.17) is 10.5 Å². The Morgan fingerprint density at radius 2 is 1.64 bits per heavy atom. The summed E-state index contributed by atoms with van der Waals surface area (Å²) in [5.41, 5.74) is 5.73. The molecule has 1 aromatic rings. The Labute approximate surface area is 256 Å². The van der Waals surface area contributed by atoms with Crippen LogP contribution >= 0.6 is 0 Å². The lowest BCUT2D eigenvalue weighted by Gasteiger charge is -2.32. The van der Waals surface area contributed by atoms with Crippen molar-refractivity contribution < 1.29 is 43.4 Å². The van der Waals surface area contributed by atoms with Crippen LogP contribution in [0, 0.1) is 11.8 Å². The van der Waals surface area contributed by atoms with Crippen molar-refractivity contribution in [1.82, 2.24) is 20.9 Å². The van der Waals surface area contributed by atoms with E-state index in [-0.39, 0.29) is 31.9 Å². The molecule has 2 rings (SSSR count). The third kappa shape index (κ3) is 11.0. The second-order valence-corrected chi connectivity index (χ2v) is 11.5. The molecule has 3 unspecified atom stereocenters. The first-order chi connectivity index (χ1) is 20.7. The predicted octanol–water partition coefficient (Wildman–Crippen LogP) is 0.863. The number of carbonyl (C=O) groups excluding carboxylic acids is 6. The number of aliphatic carboxylic acids is 1. The zero-order valence-electron chi connectivity index (χ0n) is 25.5. The maximum absolute atomic E-state index is 13.7. The SMILES string of the molecule is CC(C)CC(NC(=O)[C@@H]1CCCN1C(=O)C(NC(=O)C(CCC(=O)C(N)=O)NC(=O)OCc1ccccc1)C(C)C)C(=O)O. The number of primary amides is 1. The highest BCUT2D eigenvalue weighted by Crippen LogP contribution is 2.21. The number of ketones is 1. The van der Waals surface area contributed by atoms with Crippen molar-refractivity contribution in [2.45, 2.75) is 90.6 Å². The highest BCUT2D eigenvalue weighted by atomic mass is 16.5. The molecular weight excluding hydrogens is 574 g/mol. The van der Waals surface area contributed by atoms with Crippen LogP contribution in [0.1, 0.15) is 65.4 Å². The average Bonchev–Trinajstić information content (AvgIpc) is 3.46. The van der Waals surface area contributed by atoms with Gasteiger partial charge in [-0.05, 0) is 43.1 Å². The fourth-order valence-electron chi connectivity index (χ4n) is 4.78. The van der Waals surface area contributed by atoms with Gasteiger partial charge in [0.15, 0.2) is 0 Å². The van der Waals surface area contributed by atoms with Gasteiger partial charge in [0.1, 0.15) is 30.8 Å². The van der Waals surface area contributed by atoms with Crippen molar-refractivity contribution in [3.05, 3.63) is 35.9 Å². The van der Waals surface area contributed by atoms with Gasteiger partial charge in [0.05, 0.1) is 0 Å². The smallest absolute Gasteiger partial charge is 0.408 e. The Kier molecular flexibility index (Phi) is 13.8. The summed E-state index contributed by atoms with van der Waals surface area (Å²) >= 11 is 0. The van der Waals surface area contributed by atoms with Crippen molar-refractivity contribution >= 4 is 41.5 Å². The van der Waals surface area contributed by atoms with Crippen LogP contribution in [0.4, 0.5) is 4.79 Å². The molecule has 5 amide bonds. The van der Waals surface area contributed by atoms with Gasteiger partial charge in [-0.1, -0.05) is 58.0 Å². The average molecular weight is 618 g/mol. The van der Waals surface area contributed by atoms with Gasteiger partial charge in [-0.15, -0.1) is 0 Å². The number of carboxylic acids is 1. The summed E-state index contributed by atoms with van der Waals surface area (Å²) in [6.07, 6.45) is -0.671. The van der Waals surface area contributed by atoms with Crippen LogP contribution in [0.25, 0.3) is 0 Å². The van der Waals surface area contributed by atoms with Gasteiger partial charge in [0.25, 0.3) is 5.91 Å². The molecule has 0 radical (unpaired) electrons. The van der Waals surface area contributed by atoms with E-state index >= 15 is 0 Å². The Bertz CT molecular complexity index is 1200. The second kappa shape index (κ2) is 17.0. The number of amides is 5. The molecule has 0 bridgehead atoms. The van der Waals surface area contributed by atoms with Crippen LogP contribution in [0.2, 0.25) is 0 Å². The number of nitrogens with two attached hydrogens (primary N) is 1. The zero-order valence-corrected chi connectivity index (χ0v) is 25.5. The number of Topliss-reactive ketones (excluding diaryl/α,β-unsaturated/α-hetero) is 1. The molecule has 1 heterocycles. The van der Waals surface area contributed by atoms with Crippen LogP contribution in [-0.4, -0.2) is 82.2 Å². The topological polar surface area (TPSA) is 214 Å². The molecule has 0 aromatic heterocycles. The molecule has 44 heavy (non-hydrogen) atoms. The first-order valence-corrected chi connectivity index (χ1v) is 14.6. The van der Waals surface area contributed by atoms with Gasteiger partial charge in [0.2, 0.25) is 23.5 Å². The third-order valence-corrected chi connectivity index (χ3v) is 7.15. The van der Waals surface area contributed by atoms with E-state index in [1.807, 2.05) is 13.8 Å². The first-order valence-electron chi connectivity index (χ1n) is 14.6. The summed E-state index contributed by atoms with van der Waals surface area (Å²) in [6, 6.07) is 4.26. The minimum Gasteiger partial charge on any atom is -0.480 e. The molecular formula is C30H43N5O9. The van der Waals surface area contributed by atoms with E-state index in [1.54, 1.807) is 44.2 Å². The quantitative estimate of drug-likeness (QED) is 0.166. The van der Waals surface area contributed by atoms with Gasteiger partial charge in [-0.3, -0.25) is 24.0 Å². The normalized spacial score (nSPS) is 16.5. The van der Waals surface area contributed by atoms with E-state index in [0.717, 1.165) is 0 Å². The van der Waals surface area contributed by atoms with Crippen molar-refractivity contribution in [3.63, 3.8) is 0 Å². The van der Waals surface area contributed by atoms with E-state index in [0.29, 0.717) is 18.4 Å². The molecule has 1 aliphatic heterocycles. The highest BCUT2D eigenvalue weighted by Gasteiger charge is 2.40. The summed E-state index contributed by atoms with van der Waals surface area (Å²) < 4.78 is 5.19. The first kappa shape index (κ1) is 35.7. The molecule has 0 saturated carbocycles. The second-order valence-electron chi connectivity index (χ2n) is 11.5. The molecule has 0 spiro atoms. The number of carbonyl (C=O) groups is 7. The number of hydrogen-bond donors (Lipinski definition) is 5. The lowest BCUT2D eigenvalue weighted by atomic mass is 10.00. The van der Waals surface area contributed by atoms with Crippen molar-refractivity contribution in [2.75, 3.05) is 6.54 Å². The van der Waals surface area contributed by atoms with Crippen LogP contribution < -0.4 is 21.7 Å². The predicted molar refractivity (Wildman–Crippen MR) is 158 cm³/mol. The number of likely N-dealkylation sites (tertiary alicyclic amines) is 1. The van der Waals surface area contributed by atoms with Crippen LogP contribution in [0.3, 0.4) is 0 Å². The molecule has 6 N–H and O–H groups in total. The summed E-state index contributed by atoms with van der Waals surface area (Å²) in [5, 5.41) is 17.1. The number of benzene rings is 1. The Morgan fingerprint density at radius 3 is 2.20 bits per heavy atom. The summed E-state index contributed by atoms with van der Waals surface area (Å²) in [7, 11) is 0. The maximum atomic E-state index is 13.7. The molecule has 14 heteroatoms. The minimum absolute atomic E-state index is 0.00805. The van der Waals surface area contributed by atoms with Gasteiger partial charge >= 0.3 is 12.1 Å². The summed E-state index contributed by atoms with van der Waals surface area (Å²) in [4.78, 5) is 88.8. The number of alkyl carbamates (subject to hydrolysis) is 1. The molecule has 1 fully saturated rings. The van der Waals surface area contributed by atoms with Gasteiger partial charge < -0.3 is 36.4 Å². The van der Waals surface area contributed by atoms with Crippen LogP contribution in [0.5, 0.6) is 0 Å². The fourth-order valence-corrected chi connectivity index (χ4v) is 4.78. The lowest BCUT2D eigenvalue weighted by molar-refractivity contribution is -0.145. The minimum atomic E-state index is -1.36. The van der Waals surface area contributed by atoms with Crippen molar-refractivity contribution in [3.8, 4) is 0 Å². The number of hydrogen-bond acceptors (Lipinski definition) is 8. The number of carboxylic acid groups (broad SMARTS) is 1. The van der Waals surface area contributed by atoms with Crippen LogP contribution in [-0.2, 0) is 40.1 Å². The molecule has 242 valence electrons. The van der Waals surface area contributed by atoms with Gasteiger partial charge in [-0.2, -0.15) is 0 Å². The third-order valence-electron chi connectivity index (χ3n) is 7.15. The van der Waals surface area contributed by atoms with E-state index in [1.165, 1.54) is 4.90 Å². The maximum Gasteiger partial charge on any atom is 0.408 e. The number of nitrogens with zero attached hydrogens (tertiary/aromatic N) is 1.